The summed E-state index contributed by atoms with van der Waals surface area (Å²) in [6.45, 7) is 4.34. The van der Waals surface area contributed by atoms with Crippen LogP contribution in [-0.4, -0.2) is 87.0 Å². The minimum absolute atomic E-state index is 0.0165. The van der Waals surface area contributed by atoms with Crippen LogP contribution >= 0.6 is 34.8 Å². The quantitative estimate of drug-likeness (QED) is 0.449. The van der Waals surface area contributed by atoms with Gasteiger partial charge < -0.3 is 9.64 Å². The third kappa shape index (κ3) is 6.72. The van der Waals surface area contributed by atoms with E-state index in [4.69, 9.17) is 39.5 Å². The fourth-order valence-electron chi connectivity index (χ4n) is 4.71. The van der Waals surface area contributed by atoms with Crippen LogP contribution < -0.4 is 0 Å². The fourth-order valence-corrected chi connectivity index (χ4v) is 7.89. The van der Waals surface area contributed by atoms with Gasteiger partial charge in [-0.2, -0.15) is 4.31 Å². The molecule has 0 saturated carbocycles. The van der Waals surface area contributed by atoms with Crippen molar-refractivity contribution in [1.29, 1.82) is 0 Å². The van der Waals surface area contributed by atoms with Crippen LogP contribution in [0.1, 0.15) is 18.4 Å². The summed E-state index contributed by atoms with van der Waals surface area (Å²) in [5.74, 6) is -0.0751. The Balaban J connectivity index is 1.24. The summed E-state index contributed by atoms with van der Waals surface area (Å²) in [7, 11) is -3.94. The third-order valence-electron chi connectivity index (χ3n) is 6.67. The monoisotopic (exact) mass is 573 g/mol. The first-order chi connectivity index (χ1) is 17.3. The lowest BCUT2D eigenvalue weighted by molar-refractivity contribution is -0.138. The second-order valence-electron chi connectivity index (χ2n) is 9.08. The summed E-state index contributed by atoms with van der Waals surface area (Å²) in [4.78, 5) is 16.7. The average Bonchev–Trinajstić information content (AvgIpc) is 3.32. The van der Waals surface area contributed by atoms with Crippen LogP contribution in [-0.2, 0) is 26.0 Å². The summed E-state index contributed by atoms with van der Waals surface area (Å²) < 4.78 is 33.7. The molecule has 2 heterocycles. The zero-order chi connectivity index (χ0) is 25.7. The first kappa shape index (κ1) is 27.6. The van der Waals surface area contributed by atoms with Crippen molar-refractivity contribution in [2.24, 2.45) is 0 Å². The Labute approximate surface area is 227 Å². The highest BCUT2D eigenvalue weighted by atomic mass is 35.5. The number of benzene rings is 2. The van der Waals surface area contributed by atoms with Gasteiger partial charge in [-0.3, -0.25) is 9.69 Å². The van der Waals surface area contributed by atoms with E-state index in [0.29, 0.717) is 32.5 Å². The van der Waals surface area contributed by atoms with Gasteiger partial charge in [0.05, 0.1) is 16.7 Å². The Bertz CT molecular complexity index is 1140. The molecule has 0 radical (unpaired) electrons. The highest BCUT2D eigenvalue weighted by Gasteiger charge is 2.38. The molecule has 1 amide bonds. The molecule has 2 aromatic rings. The Morgan fingerprint density at radius 2 is 1.64 bits per heavy atom. The van der Waals surface area contributed by atoms with Crippen LogP contribution in [0.4, 0.5) is 0 Å². The number of carbonyl (C=O) groups is 1. The SMILES string of the molecule is O=C(COCC1CCCN1S(=O)(=O)c1c(Cl)cc(Cl)cc1Cl)N1CCN(CCc2ccccc2)CC1. The van der Waals surface area contributed by atoms with Crippen molar-refractivity contribution in [3.05, 3.63) is 63.1 Å². The van der Waals surface area contributed by atoms with Crippen LogP contribution in [0.5, 0.6) is 0 Å². The standard InChI is InChI=1S/C25H30Cl3N3O4S/c26-20-15-22(27)25(23(28)16-20)36(33,34)31-9-4-7-21(31)17-35-18-24(32)30-13-11-29(12-14-30)10-8-19-5-2-1-3-6-19/h1-3,5-6,15-16,21H,4,7-14,17-18H2. The van der Waals surface area contributed by atoms with Gasteiger partial charge in [-0.05, 0) is 37.0 Å². The van der Waals surface area contributed by atoms with Crippen molar-refractivity contribution in [2.75, 3.05) is 52.5 Å². The predicted octanol–water partition coefficient (Wildman–Crippen LogP) is 4.20. The molecule has 196 valence electrons. The van der Waals surface area contributed by atoms with Crippen molar-refractivity contribution in [3.8, 4) is 0 Å². The smallest absolute Gasteiger partial charge is 0.248 e. The lowest BCUT2D eigenvalue weighted by Gasteiger charge is -2.34. The average molecular weight is 575 g/mol. The van der Waals surface area contributed by atoms with Crippen molar-refractivity contribution in [1.82, 2.24) is 14.1 Å². The Morgan fingerprint density at radius 1 is 0.972 bits per heavy atom. The Morgan fingerprint density at radius 3 is 2.31 bits per heavy atom. The van der Waals surface area contributed by atoms with E-state index in [1.165, 1.54) is 22.0 Å². The van der Waals surface area contributed by atoms with Gasteiger partial charge in [0.15, 0.2) is 0 Å². The molecule has 1 atom stereocenters. The number of ether oxygens (including phenoxy) is 1. The van der Waals surface area contributed by atoms with Gasteiger partial charge in [0.1, 0.15) is 11.5 Å². The van der Waals surface area contributed by atoms with Gasteiger partial charge in [0.2, 0.25) is 15.9 Å². The summed E-state index contributed by atoms with van der Waals surface area (Å²) in [6, 6.07) is 12.7. The molecule has 7 nitrogen and oxygen atoms in total. The largest absolute Gasteiger partial charge is 0.370 e. The number of carbonyl (C=O) groups excluding carboxylic acids is 1. The van der Waals surface area contributed by atoms with Gasteiger partial charge in [-0.1, -0.05) is 65.1 Å². The fraction of sp³-hybridized carbons (Fsp3) is 0.480. The number of rotatable bonds is 9. The molecule has 4 rings (SSSR count). The maximum atomic E-state index is 13.3. The molecule has 11 heteroatoms. The van der Waals surface area contributed by atoms with E-state index >= 15 is 0 Å². The molecule has 0 N–H and O–H groups in total. The lowest BCUT2D eigenvalue weighted by atomic mass is 10.1. The van der Waals surface area contributed by atoms with Crippen molar-refractivity contribution in [2.45, 2.75) is 30.2 Å². The third-order valence-corrected chi connectivity index (χ3v) is 9.77. The molecule has 2 aliphatic heterocycles. The molecule has 2 aliphatic rings. The summed E-state index contributed by atoms with van der Waals surface area (Å²) >= 11 is 18.3. The number of hydrogen-bond donors (Lipinski definition) is 0. The molecular formula is C25H30Cl3N3O4S. The van der Waals surface area contributed by atoms with Gasteiger partial charge in [-0.25, -0.2) is 8.42 Å². The zero-order valence-corrected chi connectivity index (χ0v) is 23.0. The molecule has 1 unspecified atom stereocenters. The van der Waals surface area contributed by atoms with Crippen LogP contribution in [0.25, 0.3) is 0 Å². The van der Waals surface area contributed by atoms with E-state index in [-0.39, 0.29) is 45.1 Å². The molecule has 0 bridgehead atoms. The number of amides is 1. The summed E-state index contributed by atoms with van der Waals surface area (Å²) in [6.07, 6.45) is 2.32. The van der Waals surface area contributed by atoms with E-state index in [9.17, 15) is 13.2 Å². The molecule has 2 fully saturated rings. The highest BCUT2D eigenvalue weighted by molar-refractivity contribution is 7.89. The number of sulfonamides is 1. The Kier molecular flexibility index (Phi) is 9.55. The first-order valence-electron chi connectivity index (χ1n) is 12.0. The van der Waals surface area contributed by atoms with E-state index in [1.54, 1.807) is 0 Å². The van der Waals surface area contributed by atoms with Crippen LogP contribution in [0.3, 0.4) is 0 Å². The van der Waals surface area contributed by atoms with Crippen LogP contribution in [0.2, 0.25) is 15.1 Å². The predicted molar refractivity (Wildman–Crippen MR) is 142 cm³/mol. The van der Waals surface area contributed by atoms with Gasteiger partial charge in [0, 0.05) is 50.3 Å². The maximum absolute atomic E-state index is 13.3. The van der Waals surface area contributed by atoms with E-state index in [2.05, 4.69) is 17.0 Å². The number of halogens is 3. The van der Waals surface area contributed by atoms with Gasteiger partial charge in [-0.15, -0.1) is 0 Å². The highest BCUT2D eigenvalue weighted by Crippen LogP contribution is 2.37. The topological polar surface area (TPSA) is 70.2 Å². The first-order valence-corrected chi connectivity index (χ1v) is 14.6. The van der Waals surface area contributed by atoms with Crippen molar-refractivity contribution >= 4 is 50.7 Å². The number of hydrogen-bond acceptors (Lipinski definition) is 5. The van der Waals surface area contributed by atoms with E-state index in [1.807, 2.05) is 23.1 Å². The second kappa shape index (κ2) is 12.4. The molecular weight excluding hydrogens is 545 g/mol. The van der Waals surface area contributed by atoms with Crippen LogP contribution in [0.15, 0.2) is 47.4 Å². The summed E-state index contributed by atoms with van der Waals surface area (Å²) in [5, 5.41) is 0.232. The number of piperazine rings is 1. The number of nitrogens with zero attached hydrogens (tertiary/aromatic N) is 3. The van der Waals surface area contributed by atoms with Crippen molar-refractivity contribution < 1.29 is 17.9 Å². The molecule has 0 spiro atoms. The Hall–Kier alpha value is -1.39. The summed E-state index contributed by atoms with van der Waals surface area (Å²) in [5.41, 5.74) is 1.31. The molecule has 36 heavy (non-hydrogen) atoms. The lowest BCUT2D eigenvalue weighted by Crippen LogP contribution is -2.50. The van der Waals surface area contributed by atoms with Crippen molar-refractivity contribution in [3.63, 3.8) is 0 Å². The minimum Gasteiger partial charge on any atom is -0.370 e. The minimum atomic E-state index is -3.94. The van der Waals surface area contributed by atoms with E-state index < -0.39 is 10.0 Å². The normalized spacial score (nSPS) is 19.6. The maximum Gasteiger partial charge on any atom is 0.248 e. The van der Waals surface area contributed by atoms with Crippen LogP contribution in [0, 0.1) is 0 Å². The van der Waals surface area contributed by atoms with E-state index in [0.717, 1.165) is 26.1 Å². The van der Waals surface area contributed by atoms with Gasteiger partial charge >= 0.3 is 0 Å². The molecule has 0 aromatic heterocycles. The molecule has 2 aromatic carbocycles. The van der Waals surface area contributed by atoms with Gasteiger partial charge in [0.25, 0.3) is 0 Å². The second-order valence-corrected chi connectivity index (χ2v) is 12.2. The molecule has 0 aliphatic carbocycles. The zero-order valence-electron chi connectivity index (χ0n) is 19.9. The molecule has 2 saturated heterocycles.